The molecule has 21 heavy (non-hydrogen) atoms. The molecule has 0 radical (unpaired) electrons. The number of aliphatic hydroxyl groups excluding tert-OH is 1. The largest absolute Gasteiger partial charge is 0.388 e. The second-order valence-electron chi connectivity index (χ2n) is 6.86. The van der Waals surface area contributed by atoms with Gasteiger partial charge in [0, 0.05) is 24.7 Å². The smallest absolute Gasteiger partial charge is 0.0802 e. The molecular weight excluding hydrogens is 282 g/mol. The van der Waals surface area contributed by atoms with Crippen LogP contribution in [0.25, 0.3) is 0 Å². The molecule has 0 saturated carbocycles. The summed E-state index contributed by atoms with van der Waals surface area (Å²) in [7, 11) is 0. The van der Waals surface area contributed by atoms with Crippen molar-refractivity contribution in [1.82, 2.24) is 4.90 Å². The maximum absolute atomic E-state index is 10.4. The zero-order valence-electron chi connectivity index (χ0n) is 14.1. The monoisotopic (exact) mass is 311 g/mol. The van der Waals surface area contributed by atoms with E-state index < -0.39 is 6.10 Å². The lowest BCUT2D eigenvalue weighted by molar-refractivity contribution is 0.131. The van der Waals surface area contributed by atoms with Gasteiger partial charge in [-0.25, -0.2) is 0 Å². The molecule has 1 rings (SSSR count). The molecule has 0 spiro atoms. The minimum atomic E-state index is -0.414. The van der Waals surface area contributed by atoms with Crippen LogP contribution in [0.5, 0.6) is 0 Å². The van der Waals surface area contributed by atoms with E-state index in [1.165, 1.54) is 0 Å². The number of nitrogens with zero attached hydrogens (tertiary/aromatic N) is 1. The lowest BCUT2D eigenvalue weighted by Crippen LogP contribution is -2.33. The Labute approximate surface area is 135 Å². The van der Waals surface area contributed by atoms with Crippen LogP contribution in [0.15, 0.2) is 18.2 Å². The molecular formula is C18H30ClNO. The number of rotatable bonds is 8. The molecule has 1 unspecified atom stereocenters. The Morgan fingerprint density at radius 2 is 1.67 bits per heavy atom. The average molecular weight is 312 g/mol. The van der Waals surface area contributed by atoms with Gasteiger partial charge in [0.2, 0.25) is 0 Å². The van der Waals surface area contributed by atoms with Gasteiger partial charge < -0.3 is 10.0 Å². The van der Waals surface area contributed by atoms with E-state index in [4.69, 9.17) is 11.6 Å². The first-order valence-corrected chi connectivity index (χ1v) is 8.33. The zero-order chi connectivity index (χ0) is 16.0. The maximum Gasteiger partial charge on any atom is 0.0802 e. The molecule has 1 atom stereocenters. The van der Waals surface area contributed by atoms with Gasteiger partial charge in [-0.2, -0.15) is 0 Å². The van der Waals surface area contributed by atoms with Crippen molar-refractivity contribution < 1.29 is 5.11 Å². The van der Waals surface area contributed by atoms with Gasteiger partial charge in [0.15, 0.2) is 0 Å². The van der Waals surface area contributed by atoms with Gasteiger partial charge in [0.25, 0.3) is 0 Å². The molecule has 120 valence electrons. The predicted octanol–water partition coefficient (Wildman–Crippen LogP) is 4.69. The summed E-state index contributed by atoms with van der Waals surface area (Å²) in [5.74, 6) is 1.30. The van der Waals surface area contributed by atoms with Gasteiger partial charge in [-0.1, -0.05) is 51.4 Å². The standard InChI is InChI=1S/C18H30ClNO/c1-13(2)11-20(12-14(3)4)9-8-18(21)16-6-7-17(19)15(5)10-16/h6-7,10,13-14,18,21H,8-9,11-12H2,1-5H3. The summed E-state index contributed by atoms with van der Waals surface area (Å²) in [6.07, 6.45) is 0.350. The number of halogens is 1. The average Bonchev–Trinajstić information content (AvgIpc) is 2.37. The Morgan fingerprint density at radius 3 is 2.14 bits per heavy atom. The lowest BCUT2D eigenvalue weighted by atomic mass is 10.0. The third-order valence-electron chi connectivity index (χ3n) is 3.53. The van der Waals surface area contributed by atoms with Gasteiger partial charge >= 0.3 is 0 Å². The second kappa shape index (κ2) is 8.77. The summed E-state index contributed by atoms with van der Waals surface area (Å²) in [6, 6.07) is 5.78. The van der Waals surface area contributed by atoms with Crippen molar-refractivity contribution in [2.75, 3.05) is 19.6 Å². The normalized spacial score (nSPS) is 13.4. The van der Waals surface area contributed by atoms with Crippen LogP contribution >= 0.6 is 11.6 Å². The minimum absolute atomic E-state index is 0.414. The number of hydrogen-bond acceptors (Lipinski definition) is 2. The first kappa shape index (κ1) is 18.5. The molecule has 0 amide bonds. The van der Waals surface area contributed by atoms with Crippen LogP contribution in [-0.4, -0.2) is 29.6 Å². The highest BCUT2D eigenvalue weighted by molar-refractivity contribution is 6.31. The first-order chi connectivity index (χ1) is 9.79. The van der Waals surface area contributed by atoms with E-state index in [1.54, 1.807) is 0 Å². The van der Waals surface area contributed by atoms with Gasteiger partial charge in [-0.3, -0.25) is 0 Å². The molecule has 0 heterocycles. The molecule has 0 bridgehead atoms. The maximum atomic E-state index is 10.4. The second-order valence-corrected chi connectivity index (χ2v) is 7.27. The van der Waals surface area contributed by atoms with Crippen molar-refractivity contribution in [2.45, 2.75) is 47.1 Å². The molecule has 2 nitrogen and oxygen atoms in total. The van der Waals surface area contributed by atoms with Crippen LogP contribution in [-0.2, 0) is 0 Å². The van der Waals surface area contributed by atoms with Crippen LogP contribution in [0, 0.1) is 18.8 Å². The number of aliphatic hydroxyl groups is 1. The van der Waals surface area contributed by atoms with Gasteiger partial charge in [-0.15, -0.1) is 0 Å². The molecule has 3 heteroatoms. The summed E-state index contributed by atoms with van der Waals surface area (Å²) in [4.78, 5) is 2.46. The van der Waals surface area contributed by atoms with Crippen LogP contribution < -0.4 is 0 Å². The highest BCUT2D eigenvalue weighted by Gasteiger charge is 2.14. The minimum Gasteiger partial charge on any atom is -0.388 e. The van der Waals surface area contributed by atoms with Crippen molar-refractivity contribution in [3.8, 4) is 0 Å². The summed E-state index contributed by atoms with van der Waals surface area (Å²) in [6.45, 7) is 14.0. The topological polar surface area (TPSA) is 23.5 Å². The van der Waals surface area contributed by atoms with E-state index in [9.17, 15) is 5.11 Å². The SMILES string of the molecule is Cc1cc(C(O)CCN(CC(C)C)CC(C)C)ccc1Cl. The Bertz CT molecular complexity index is 421. The molecule has 0 aromatic heterocycles. The molecule has 0 fully saturated rings. The van der Waals surface area contributed by atoms with Gasteiger partial charge in [0.1, 0.15) is 0 Å². The van der Waals surface area contributed by atoms with Gasteiger partial charge in [0.05, 0.1) is 6.10 Å². The van der Waals surface area contributed by atoms with E-state index in [1.807, 2.05) is 25.1 Å². The zero-order valence-corrected chi connectivity index (χ0v) is 14.8. The van der Waals surface area contributed by atoms with Crippen molar-refractivity contribution in [3.05, 3.63) is 34.3 Å². The Hall–Kier alpha value is -0.570. The van der Waals surface area contributed by atoms with Crippen molar-refractivity contribution in [1.29, 1.82) is 0 Å². The van der Waals surface area contributed by atoms with Crippen molar-refractivity contribution >= 4 is 11.6 Å². The Morgan fingerprint density at radius 1 is 1.10 bits per heavy atom. The Kier molecular flexibility index (Phi) is 7.72. The van der Waals surface area contributed by atoms with E-state index >= 15 is 0 Å². The molecule has 0 saturated heterocycles. The van der Waals surface area contributed by atoms with E-state index in [0.717, 1.165) is 42.2 Å². The summed E-state index contributed by atoms with van der Waals surface area (Å²) >= 11 is 6.04. The van der Waals surface area contributed by atoms with Crippen molar-refractivity contribution in [2.24, 2.45) is 11.8 Å². The summed E-state index contributed by atoms with van der Waals surface area (Å²) in [5.41, 5.74) is 1.99. The highest BCUT2D eigenvalue weighted by atomic mass is 35.5. The van der Waals surface area contributed by atoms with E-state index in [-0.39, 0.29) is 0 Å². The fourth-order valence-corrected chi connectivity index (χ4v) is 2.75. The fraction of sp³-hybridized carbons (Fsp3) is 0.667. The Balaban J connectivity index is 2.59. The van der Waals surface area contributed by atoms with E-state index in [2.05, 4.69) is 32.6 Å². The third-order valence-corrected chi connectivity index (χ3v) is 3.96. The lowest BCUT2D eigenvalue weighted by Gasteiger charge is -2.27. The molecule has 0 aliphatic heterocycles. The summed E-state index contributed by atoms with van der Waals surface area (Å²) < 4.78 is 0. The van der Waals surface area contributed by atoms with Crippen molar-refractivity contribution in [3.63, 3.8) is 0 Å². The van der Waals surface area contributed by atoms with Crippen LogP contribution in [0.2, 0.25) is 5.02 Å². The van der Waals surface area contributed by atoms with Crippen LogP contribution in [0.4, 0.5) is 0 Å². The quantitative estimate of drug-likeness (QED) is 0.753. The first-order valence-electron chi connectivity index (χ1n) is 7.96. The molecule has 1 aromatic rings. The molecule has 1 N–H and O–H groups in total. The van der Waals surface area contributed by atoms with Crippen LogP contribution in [0.1, 0.15) is 51.3 Å². The number of benzene rings is 1. The predicted molar refractivity (Wildman–Crippen MR) is 91.9 cm³/mol. The molecule has 1 aromatic carbocycles. The molecule has 0 aliphatic rings. The van der Waals surface area contributed by atoms with Gasteiger partial charge in [-0.05, 0) is 42.4 Å². The number of hydrogen-bond donors (Lipinski definition) is 1. The fourth-order valence-electron chi connectivity index (χ4n) is 2.64. The highest BCUT2D eigenvalue weighted by Crippen LogP contribution is 2.23. The molecule has 0 aliphatic carbocycles. The van der Waals surface area contributed by atoms with E-state index in [0.29, 0.717) is 11.8 Å². The summed E-state index contributed by atoms with van der Waals surface area (Å²) in [5, 5.41) is 11.1. The van der Waals surface area contributed by atoms with Crippen LogP contribution in [0.3, 0.4) is 0 Å². The third kappa shape index (κ3) is 6.82. The number of aryl methyl sites for hydroxylation is 1.